The van der Waals surface area contributed by atoms with Gasteiger partial charge in [0.1, 0.15) is 17.4 Å². The third kappa shape index (κ3) is 4.14. The van der Waals surface area contributed by atoms with Crippen LogP contribution in [-0.4, -0.2) is 19.1 Å². The zero-order valence-electron chi connectivity index (χ0n) is 11.4. The van der Waals surface area contributed by atoms with Crippen LogP contribution in [-0.2, 0) is 4.79 Å². The lowest BCUT2D eigenvalue weighted by Crippen LogP contribution is -2.32. The summed E-state index contributed by atoms with van der Waals surface area (Å²) >= 11 is 0. The fourth-order valence-electron chi connectivity index (χ4n) is 1.49. The number of carbonyl (C=O) groups excluding carboxylic acids is 1. The summed E-state index contributed by atoms with van der Waals surface area (Å²) in [6, 6.07) is 9.22. The van der Waals surface area contributed by atoms with E-state index in [1.165, 1.54) is 6.08 Å². The van der Waals surface area contributed by atoms with Gasteiger partial charge in [-0.05, 0) is 25.5 Å². The molecule has 0 aliphatic rings. The van der Waals surface area contributed by atoms with Gasteiger partial charge in [0.25, 0.3) is 5.91 Å². The maximum Gasteiger partial charge on any atom is 0.262 e. The summed E-state index contributed by atoms with van der Waals surface area (Å²) < 4.78 is 5.19. The van der Waals surface area contributed by atoms with Gasteiger partial charge in [0.05, 0.1) is 7.11 Å². The van der Waals surface area contributed by atoms with Crippen LogP contribution in [0.25, 0.3) is 6.08 Å². The Labute approximate surface area is 113 Å². The van der Waals surface area contributed by atoms with E-state index in [9.17, 15) is 4.79 Å². The van der Waals surface area contributed by atoms with Crippen LogP contribution in [0.3, 0.4) is 0 Å². The molecule has 100 valence electrons. The maximum absolute atomic E-state index is 11.9. The molecule has 0 bridgehead atoms. The van der Waals surface area contributed by atoms with E-state index >= 15 is 0 Å². The van der Waals surface area contributed by atoms with Crippen LogP contribution in [0, 0.1) is 11.3 Å². The Balaban J connectivity index is 3.00. The fourth-order valence-corrected chi connectivity index (χ4v) is 1.49. The average molecular weight is 258 g/mol. The quantitative estimate of drug-likeness (QED) is 0.652. The van der Waals surface area contributed by atoms with Crippen molar-refractivity contribution in [2.75, 3.05) is 7.11 Å². The Morgan fingerprint density at radius 2 is 2.21 bits per heavy atom. The van der Waals surface area contributed by atoms with Crippen molar-refractivity contribution in [3.8, 4) is 11.8 Å². The number of ether oxygens (including phenoxy) is 1. The summed E-state index contributed by atoms with van der Waals surface area (Å²) in [5.41, 5.74) is 0.783. The molecule has 1 atom stereocenters. The Hall–Kier alpha value is -2.28. The van der Waals surface area contributed by atoms with E-state index in [0.717, 1.165) is 6.42 Å². The van der Waals surface area contributed by atoms with Crippen LogP contribution >= 0.6 is 0 Å². The number of nitriles is 1. The van der Waals surface area contributed by atoms with E-state index < -0.39 is 0 Å². The number of hydrogen-bond donors (Lipinski definition) is 1. The second kappa shape index (κ2) is 7.22. The molecule has 4 nitrogen and oxygen atoms in total. The molecule has 0 spiro atoms. The van der Waals surface area contributed by atoms with Crippen LogP contribution in [0.5, 0.6) is 5.75 Å². The van der Waals surface area contributed by atoms with E-state index in [1.54, 1.807) is 19.2 Å². The molecule has 0 saturated heterocycles. The van der Waals surface area contributed by atoms with Gasteiger partial charge < -0.3 is 10.1 Å². The molecule has 0 aliphatic carbocycles. The van der Waals surface area contributed by atoms with E-state index in [2.05, 4.69) is 5.32 Å². The number of amides is 1. The van der Waals surface area contributed by atoms with E-state index in [1.807, 2.05) is 32.0 Å². The molecule has 0 unspecified atom stereocenters. The molecule has 1 amide bonds. The highest BCUT2D eigenvalue weighted by Gasteiger charge is 2.12. The molecule has 1 rings (SSSR count). The molecule has 4 heteroatoms. The minimum Gasteiger partial charge on any atom is -0.496 e. The number of benzene rings is 1. The third-order valence-corrected chi connectivity index (χ3v) is 2.79. The van der Waals surface area contributed by atoms with Gasteiger partial charge in [0.2, 0.25) is 0 Å². The molecule has 19 heavy (non-hydrogen) atoms. The average Bonchev–Trinajstić information content (AvgIpc) is 2.44. The number of methoxy groups -OCH3 is 1. The molecular formula is C15H18N2O2. The number of para-hydroxylation sites is 1. The van der Waals surface area contributed by atoms with E-state index in [4.69, 9.17) is 10.00 Å². The molecule has 0 aromatic heterocycles. The summed E-state index contributed by atoms with van der Waals surface area (Å²) in [4.78, 5) is 11.9. The highest BCUT2D eigenvalue weighted by Crippen LogP contribution is 2.20. The molecule has 0 saturated carbocycles. The van der Waals surface area contributed by atoms with E-state index in [-0.39, 0.29) is 17.5 Å². The number of carbonyl (C=O) groups is 1. The zero-order valence-corrected chi connectivity index (χ0v) is 11.4. The summed E-state index contributed by atoms with van der Waals surface area (Å²) in [6.07, 6.45) is 2.36. The van der Waals surface area contributed by atoms with Crippen LogP contribution in [0.2, 0.25) is 0 Å². The first kappa shape index (κ1) is 14.8. The number of hydrogen-bond acceptors (Lipinski definition) is 3. The molecule has 0 aliphatic heterocycles. The van der Waals surface area contributed by atoms with Crippen LogP contribution in [0.15, 0.2) is 29.8 Å². The number of rotatable bonds is 5. The minimum atomic E-state index is -0.359. The van der Waals surface area contributed by atoms with Gasteiger partial charge >= 0.3 is 0 Å². The number of nitrogens with zero attached hydrogens (tertiary/aromatic N) is 1. The third-order valence-electron chi connectivity index (χ3n) is 2.79. The second-order valence-electron chi connectivity index (χ2n) is 4.19. The first-order valence-corrected chi connectivity index (χ1v) is 6.18. The lowest BCUT2D eigenvalue weighted by Gasteiger charge is -2.10. The SMILES string of the molecule is CC[C@H](C)NC(=O)/C(C#N)=C/c1ccccc1OC. The van der Waals surface area contributed by atoms with Crippen LogP contribution < -0.4 is 10.1 Å². The summed E-state index contributed by atoms with van der Waals surface area (Å²) in [7, 11) is 1.55. The molecule has 1 N–H and O–H groups in total. The molecular weight excluding hydrogens is 240 g/mol. The normalized spacial score (nSPS) is 12.4. The van der Waals surface area contributed by atoms with Gasteiger partial charge in [-0.2, -0.15) is 5.26 Å². The first-order valence-electron chi connectivity index (χ1n) is 6.18. The van der Waals surface area contributed by atoms with E-state index in [0.29, 0.717) is 11.3 Å². The van der Waals surface area contributed by atoms with Gasteiger partial charge in [-0.3, -0.25) is 4.79 Å². The van der Waals surface area contributed by atoms with Gasteiger partial charge in [-0.15, -0.1) is 0 Å². The van der Waals surface area contributed by atoms with Crippen molar-refractivity contribution in [1.82, 2.24) is 5.32 Å². The summed E-state index contributed by atoms with van der Waals surface area (Å²) in [5.74, 6) is 0.273. The highest BCUT2D eigenvalue weighted by molar-refractivity contribution is 6.02. The van der Waals surface area contributed by atoms with Crippen molar-refractivity contribution in [2.45, 2.75) is 26.3 Å². The van der Waals surface area contributed by atoms with Crippen molar-refractivity contribution in [2.24, 2.45) is 0 Å². The van der Waals surface area contributed by atoms with Crippen molar-refractivity contribution in [1.29, 1.82) is 5.26 Å². The summed E-state index contributed by atoms with van der Waals surface area (Å²) in [6.45, 7) is 3.87. The number of nitrogens with one attached hydrogen (secondary N) is 1. The summed E-state index contributed by atoms with van der Waals surface area (Å²) in [5, 5.41) is 11.9. The standard InChI is InChI=1S/C15H18N2O2/c1-4-11(2)17-15(18)13(10-16)9-12-7-5-6-8-14(12)19-3/h5-9,11H,4H2,1-3H3,(H,17,18)/b13-9+/t11-/m0/s1. The molecule has 0 fully saturated rings. The Bertz CT molecular complexity index is 515. The van der Waals surface area contributed by atoms with Gasteiger partial charge in [0.15, 0.2) is 0 Å². The van der Waals surface area contributed by atoms with Gasteiger partial charge in [0, 0.05) is 11.6 Å². The highest BCUT2D eigenvalue weighted by atomic mass is 16.5. The molecule has 1 aromatic rings. The first-order chi connectivity index (χ1) is 9.12. The maximum atomic E-state index is 11.9. The molecule has 0 radical (unpaired) electrons. The minimum absolute atomic E-state index is 0.0434. The van der Waals surface area contributed by atoms with Crippen molar-refractivity contribution in [3.05, 3.63) is 35.4 Å². The van der Waals surface area contributed by atoms with Crippen molar-refractivity contribution < 1.29 is 9.53 Å². The topological polar surface area (TPSA) is 62.1 Å². The predicted molar refractivity (Wildman–Crippen MR) is 74.5 cm³/mol. The van der Waals surface area contributed by atoms with Gasteiger partial charge in [-0.1, -0.05) is 25.1 Å². The van der Waals surface area contributed by atoms with Crippen LogP contribution in [0.1, 0.15) is 25.8 Å². The Morgan fingerprint density at radius 1 is 1.53 bits per heavy atom. The predicted octanol–water partition coefficient (Wildman–Crippen LogP) is 2.52. The van der Waals surface area contributed by atoms with Crippen molar-refractivity contribution in [3.63, 3.8) is 0 Å². The fraction of sp³-hybridized carbons (Fsp3) is 0.333. The molecule has 0 heterocycles. The Morgan fingerprint density at radius 3 is 2.79 bits per heavy atom. The lowest BCUT2D eigenvalue weighted by atomic mass is 10.1. The van der Waals surface area contributed by atoms with Crippen molar-refractivity contribution >= 4 is 12.0 Å². The monoisotopic (exact) mass is 258 g/mol. The van der Waals surface area contributed by atoms with Crippen LogP contribution in [0.4, 0.5) is 0 Å². The Kier molecular flexibility index (Phi) is 5.62. The second-order valence-corrected chi connectivity index (χ2v) is 4.19. The molecule has 1 aromatic carbocycles. The zero-order chi connectivity index (χ0) is 14.3. The van der Waals surface area contributed by atoms with Gasteiger partial charge in [-0.25, -0.2) is 0 Å². The lowest BCUT2D eigenvalue weighted by molar-refractivity contribution is -0.117. The largest absolute Gasteiger partial charge is 0.496 e. The smallest absolute Gasteiger partial charge is 0.262 e.